The Hall–Kier alpha value is -5.70. The summed E-state index contributed by atoms with van der Waals surface area (Å²) >= 11 is 14.6. The predicted octanol–water partition coefficient (Wildman–Crippen LogP) is -0.0928. The number of halogens is 2. The lowest BCUT2D eigenvalue weighted by Crippen LogP contribution is -2.68. The maximum Gasteiger partial charge on any atom is 0.364 e. The molecule has 5 rings (SSSR count). The summed E-state index contributed by atoms with van der Waals surface area (Å²) in [5, 5.41) is 103. The topological polar surface area (TPSA) is 408 Å². The second-order valence-electron chi connectivity index (χ2n) is 19.5. The molecule has 0 saturated carbocycles. The quantitative estimate of drug-likeness (QED) is 0.0363. The van der Waals surface area contributed by atoms with Crippen LogP contribution in [0.5, 0.6) is 0 Å². The lowest BCUT2D eigenvalue weighted by Gasteiger charge is -2.46. The average Bonchev–Trinajstić information content (AvgIpc) is 3.66. The number of hydrogen-bond acceptors (Lipinski definition) is 20. The first-order valence-corrected chi connectivity index (χ1v) is 29.6. The molecule has 0 aromatic heterocycles. The Bertz CT molecular complexity index is 2530. The SMILES string of the molecule is CC(=O)N[C@H]1[C@H]([C@H](O)[C@H](O)CNC(=O)c2ccc(Cl)cc2)O[C@@](OCCCSCCNC(=O)c2ccc(C(=O)NCCSCCCO[C@]3(C(=O)O)C[C@H](O)[C@@H](NC(C)=O)[C@H]([C@H](O)[C@H](O)CNC(=O)c4ccc(Cl)cc4)O3)cc2)(C(=O)O)C[C@@H]1O. The molecule has 0 radical (unpaired) electrons. The van der Waals surface area contributed by atoms with Crippen LogP contribution in [0.3, 0.4) is 0 Å². The molecular weight excluding hydrogens is 1190 g/mol. The largest absolute Gasteiger partial charge is 0.477 e. The third kappa shape index (κ3) is 20.2. The summed E-state index contributed by atoms with van der Waals surface area (Å²) in [4.78, 5) is 100. The van der Waals surface area contributed by atoms with Crippen LogP contribution in [0.4, 0.5) is 0 Å². The third-order valence-corrected chi connectivity index (χ3v) is 15.8. The van der Waals surface area contributed by atoms with E-state index in [0.717, 1.165) is 13.8 Å². The van der Waals surface area contributed by atoms with Crippen LogP contribution in [-0.2, 0) is 38.1 Å². The zero-order valence-electron chi connectivity index (χ0n) is 45.7. The van der Waals surface area contributed by atoms with E-state index in [1.165, 1.54) is 96.3 Å². The van der Waals surface area contributed by atoms with Gasteiger partial charge in [-0.25, -0.2) is 9.59 Å². The standard InChI is InChI=1S/C54H70Cl2N6O20S2/c1-29(63)61-41-37(65)25-53(51(75)76,81-45(41)43(69)39(67)27-59-49(73)33-9-13-35(55)14-10-33)79-19-3-21-83-23-17-57-47(71)31-5-7-32(8-6-31)48(72)58-18-24-84-22-4-20-80-54(52(77)78)26-38(66)42(62-30(2)64)46(82-54)44(70)40(68)28-60-50(74)34-11-15-36(56)16-12-34/h5-16,37-46,65-70H,3-4,17-28H2,1-2H3,(H,57,71)(H,58,72)(H,59,73)(H,60,74)(H,61,63)(H,62,64)(H,75,76)(H,77,78)/t37-,38-,39+,40+,41+,42+,43+,44+,45+,46+,53+,54+/m0/s1. The molecule has 3 aromatic carbocycles. The van der Waals surface area contributed by atoms with Crippen LogP contribution >= 0.6 is 46.7 Å². The van der Waals surface area contributed by atoms with Crippen molar-refractivity contribution < 1.29 is 98.2 Å². The number of amides is 6. The number of carboxylic acid groups (broad SMARTS) is 2. The summed E-state index contributed by atoms with van der Waals surface area (Å²) in [5.41, 5.74) is 0.998. The van der Waals surface area contributed by atoms with Crippen molar-refractivity contribution in [2.24, 2.45) is 0 Å². The minimum absolute atomic E-state index is 0.186. The Labute approximate surface area is 501 Å². The number of thioether (sulfide) groups is 2. The van der Waals surface area contributed by atoms with Crippen LogP contribution in [0.25, 0.3) is 0 Å². The van der Waals surface area contributed by atoms with Crippen LogP contribution in [-0.4, -0.2) is 223 Å². The van der Waals surface area contributed by atoms with Crippen molar-refractivity contribution >= 4 is 94.1 Å². The Balaban J connectivity index is 0.979. The van der Waals surface area contributed by atoms with Gasteiger partial charge in [-0.3, -0.25) is 28.8 Å². The molecule has 0 aliphatic carbocycles. The van der Waals surface area contributed by atoms with Gasteiger partial charge in [0.2, 0.25) is 11.8 Å². The number of aliphatic hydroxyl groups is 6. The van der Waals surface area contributed by atoms with E-state index in [0.29, 0.717) is 44.2 Å². The van der Waals surface area contributed by atoms with Crippen molar-refractivity contribution in [3.8, 4) is 0 Å². The van der Waals surface area contributed by atoms with Gasteiger partial charge < -0.3 is 91.7 Å². The molecule has 6 amide bonds. The number of aliphatic carboxylic acids is 2. The number of carbonyl (C=O) groups is 8. The van der Waals surface area contributed by atoms with Crippen molar-refractivity contribution in [3.05, 3.63) is 105 Å². The zero-order chi connectivity index (χ0) is 61.7. The van der Waals surface area contributed by atoms with Crippen LogP contribution in [0.15, 0.2) is 72.8 Å². The summed E-state index contributed by atoms with van der Waals surface area (Å²) in [6.07, 6.45) is -14.7. The molecule has 0 unspecified atom stereocenters. The fourth-order valence-corrected chi connectivity index (χ4v) is 10.6. The van der Waals surface area contributed by atoms with Crippen molar-refractivity contribution in [2.45, 2.75) is 112 Å². The van der Waals surface area contributed by atoms with Crippen molar-refractivity contribution in [1.29, 1.82) is 0 Å². The molecule has 462 valence electrons. The summed E-state index contributed by atoms with van der Waals surface area (Å²) in [6.45, 7) is 1.36. The molecule has 14 N–H and O–H groups in total. The first kappa shape index (κ1) is 69.1. The van der Waals surface area contributed by atoms with Gasteiger partial charge in [0.05, 0.1) is 49.7 Å². The summed E-state index contributed by atoms with van der Waals surface area (Å²) in [7, 11) is 0. The second-order valence-corrected chi connectivity index (χ2v) is 22.9. The Morgan fingerprint density at radius 1 is 0.536 bits per heavy atom. The number of rotatable bonds is 32. The lowest BCUT2D eigenvalue weighted by molar-refractivity contribution is -0.310. The average molecular weight is 1260 g/mol. The molecule has 3 aromatic rings. The zero-order valence-corrected chi connectivity index (χ0v) is 48.8. The number of hydrogen-bond donors (Lipinski definition) is 14. The molecule has 2 heterocycles. The number of nitrogens with one attached hydrogen (secondary N) is 6. The first-order valence-electron chi connectivity index (χ1n) is 26.5. The number of ether oxygens (including phenoxy) is 4. The highest BCUT2D eigenvalue weighted by atomic mass is 35.5. The highest BCUT2D eigenvalue weighted by Crippen LogP contribution is 2.35. The third-order valence-electron chi connectivity index (χ3n) is 13.2. The molecule has 0 bridgehead atoms. The van der Waals surface area contributed by atoms with Crippen molar-refractivity contribution in [1.82, 2.24) is 31.9 Å². The number of carbonyl (C=O) groups excluding carboxylic acids is 6. The Morgan fingerprint density at radius 3 is 1.15 bits per heavy atom. The number of carboxylic acids is 2. The van der Waals surface area contributed by atoms with Crippen molar-refractivity contribution in [2.75, 3.05) is 62.4 Å². The van der Waals surface area contributed by atoms with E-state index < -0.39 is 146 Å². The fourth-order valence-electron chi connectivity index (χ4n) is 8.83. The van der Waals surface area contributed by atoms with E-state index in [4.69, 9.17) is 42.1 Å². The highest BCUT2D eigenvalue weighted by molar-refractivity contribution is 7.99. The van der Waals surface area contributed by atoms with E-state index in [-0.39, 0.29) is 50.3 Å². The number of benzene rings is 3. The van der Waals surface area contributed by atoms with Gasteiger partial charge in [0.15, 0.2) is 0 Å². The first-order chi connectivity index (χ1) is 39.9. The summed E-state index contributed by atoms with van der Waals surface area (Å²) in [6, 6.07) is 14.9. The predicted molar refractivity (Wildman–Crippen MR) is 305 cm³/mol. The van der Waals surface area contributed by atoms with E-state index in [9.17, 15) is 79.2 Å². The van der Waals surface area contributed by atoms with Gasteiger partial charge in [-0.05, 0) is 97.1 Å². The maximum atomic E-state index is 12.9. The molecule has 2 aliphatic rings. The van der Waals surface area contributed by atoms with Gasteiger partial charge in [-0.15, -0.1) is 0 Å². The Kier molecular flexibility index (Phi) is 27.4. The van der Waals surface area contributed by atoms with E-state index in [2.05, 4.69) is 31.9 Å². The maximum absolute atomic E-state index is 12.9. The summed E-state index contributed by atoms with van der Waals surface area (Å²) in [5.74, 6) is -9.75. The van der Waals surface area contributed by atoms with Gasteiger partial charge in [-0.2, -0.15) is 23.5 Å². The minimum Gasteiger partial charge on any atom is -0.477 e. The van der Waals surface area contributed by atoms with Crippen LogP contribution in [0.2, 0.25) is 10.0 Å². The van der Waals surface area contributed by atoms with Gasteiger partial charge in [0, 0.05) is 96.7 Å². The molecule has 0 spiro atoms. The van der Waals surface area contributed by atoms with Gasteiger partial charge >= 0.3 is 11.9 Å². The minimum atomic E-state index is -2.49. The molecule has 84 heavy (non-hydrogen) atoms. The molecule has 30 heteroatoms. The molecule has 26 nitrogen and oxygen atoms in total. The smallest absolute Gasteiger partial charge is 0.364 e. The second kappa shape index (κ2) is 33.3. The van der Waals surface area contributed by atoms with E-state index in [1.54, 1.807) is 0 Å². The monoisotopic (exact) mass is 1260 g/mol. The molecule has 12 atom stereocenters. The number of aliphatic hydroxyl groups excluding tert-OH is 6. The van der Waals surface area contributed by atoms with Crippen LogP contribution in [0, 0.1) is 0 Å². The summed E-state index contributed by atoms with van der Waals surface area (Å²) < 4.78 is 22.9. The van der Waals surface area contributed by atoms with E-state index in [1.807, 2.05) is 0 Å². The normalized spacial score (nSPS) is 23.6. The van der Waals surface area contributed by atoms with Gasteiger partial charge in [0.25, 0.3) is 35.2 Å². The fraction of sp³-hybridized carbons (Fsp3) is 0.519. The van der Waals surface area contributed by atoms with Crippen molar-refractivity contribution in [3.63, 3.8) is 0 Å². The molecular formula is C54H70Cl2N6O20S2. The molecule has 2 aliphatic heterocycles. The highest BCUT2D eigenvalue weighted by Gasteiger charge is 2.57. The molecule has 2 fully saturated rings. The van der Waals surface area contributed by atoms with Crippen LogP contribution in [0.1, 0.15) is 81.0 Å². The van der Waals surface area contributed by atoms with Crippen LogP contribution < -0.4 is 31.9 Å². The lowest BCUT2D eigenvalue weighted by atomic mass is 9.88. The Morgan fingerprint density at radius 2 is 0.845 bits per heavy atom. The van der Waals surface area contributed by atoms with Gasteiger partial charge in [-0.1, -0.05) is 23.2 Å². The van der Waals surface area contributed by atoms with Gasteiger partial charge in [0.1, 0.15) is 24.4 Å². The molecule has 2 saturated heterocycles. The van der Waals surface area contributed by atoms with E-state index >= 15 is 0 Å².